The molecule has 0 spiro atoms. The predicted octanol–water partition coefficient (Wildman–Crippen LogP) is 3.80. The van der Waals surface area contributed by atoms with E-state index < -0.39 is 17.5 Å². The van der Waals surface area contributed by atoms with Gasteiger partial charge in [-0.05, 0) is 29.8 Å². The SMILES string of the molecule is O=C(Cc1ccccc1F)Nc1cc(Cl)ccc1F. The second-order valence-electron chi connectivity index (χ2n) is 3.94. The molecule has 1 N–H and O–H groups in total. The summed E-state index contributed by atoms with van der Waals surface area (Å²) in [4.78, 5) is 11.7. The van der Waals surface area contributed by atoms with Gasteiger partial charge in [0.15, 0.2) is 0 Å². The minimum atomic E-state index is -0.591. The van der Waals surface area contributed by atoms with Crippen LogP contribution < -0.4 is 5.32 Å². The summed E-state index contributed by atoms with van der Waals surface area (Å²) in [5.74, 6) is -1.57. The van der Waals surface area contributed by atoms with Crippen molar-refractivity contribution in [1.29, 1.82) is 0 Å². The van der Waals surface area contributed by atoms with Crippen LogP contribution in [0.25, 0.3) is 0 Å². The number of amides is 1. The van der Waals surface area contributed by atoms with Crippen LogP contribution in [0.1, 0.15) is 5.56 Å². The molecule has 0 saturated heterocycles. The van der Waals surface area contributed by atoms with Gasteiger partial charge < -0.3 is 5.32 Å². The van der Waals surface area contributed by atoms with Gasteiger partial charge in [0, 0.05) is 5.02 Å². The third-order valence-corrected chi connectivity index (χ3v) is 2.75. The molecule has 0 bridgehead atoms. The lowest BCUT2D eigenvalue weighted by Gasteiger charge is -2.07. The monoisotopic (exact) mass is 281 g/mol. The molecule has 0 unspecified atom stereocenters. The summed E-state index contributed by atoms with van der Waals surface area (Å²) in [6, 6.07) is 9.77. The molecule has 2 rings (SSSR count). The topological polar surface area (TPSA) is 29.1 Å². The second kappa shape index (κ2) is 5.80. The molecule has 98 valence electrons. The first kappa shape index (κ1) is 13.5. The molecule has 0 fully saturated rings. The molecule has 0 heterocycles. The number of nitrogens with one attached hydrogen (secondary N) is 1. The molecule has 0 atom stereocenters. The Labute approximate surface area is 114 Å². The fraction of sp³-hybridized carbons (Fsp3) is 0.0714. The van der Waals surface area contributed by atoms with Crippen molar-refractivity contribution >= 4 is 23.2 Å². The van der Waals surface area contributed by atoms with E-state index in [1.807, 2.05) is 0 Å². The third kappa shape index (κ3) is 3.51. The Bertz CT molecular complexity index is 616. The van der Waals surface area contributed by atoms with Crippen LogP contribution in [0.3, 0.4) is 0 Å². The van der Waals surface area contributed by atoms with Gasteiger partial charge in [-0.1, -0.05) is 29.8 Å². The highest BCUT2D eigenvalue weighted by atomic mass is 35.5. The van der Waals surface area contributed by atoms with E-state index >= 15 is 0 Å². The zero-order valence-corrected chi connectivity index (χ0v) is 10.5. The summed E-state index contributed by atoms with van der Waals surface area (Å²) in [5, 5.41) is 2.67. The zero-order chi connectivity index (χ0) is 13.8. The second-order valence-corrected chi connectivity index (χ2v) is 4.38. The predicted molar refractivity (Wildman–Crippen MR) is 70.1 cm³/mol. The van der Waals surface area contributed by atoms with E-state index in [1.165, 1.54) is 30.3 Å². The van der Waals surface area contributed by atoms with E-state index in [0.29, 0.717) is 5.02 Å². The van der Waals surface area contributed by atoms with Crippen LogP contribution in [0.4, 0.5) is 14.5 Å². The number of carbonyl (C=O) groups is 1. The highest BCUT2D eigenvalue weighted by Crippen LogP contribution is 2.20. The van der Waals surface area contributed by atoms with Gasteiger partial charge in [-0.2, -0.15) is 0 Å². The van der Waals surface area contributed by atoms with Crippen LogP contribution >= 0.6 is 11.6 Å². The first-order chi connectivity index (χ1) is 9.06. The van der Waals surface area contributed by atoms with Gasteiger partial charge in [0.25, 0.3) is 0 Å². The maximum absolute atomic E-state index is 13.4. The number of hydrogen-bond acceptors (Lipinski definition) is 1. The Kier molecular flexibility index (Phi) is 4.12. The summed E-state index contributed by atoms with van der Waals surface area (Å²) >= 11 is 5.71. The van der Waals surface area contributed by atoms with Crippen LogP contribution in [0, 0.1) is 11.6 Å². The normalized spacial score (nSPS) is 10.3. The van der Waals surface area contributed by atoms with E-state index in [-0.39, 0.29) is 17.7 Å². The average Bonchev–Trinajstić information content (AvgIpc) is 2.37. The average molecular weight is 282 g/mol. The molecule has 0 aliphatic rings. The van der Waals surface area contributed by atoms with Crippen molar-refractivity contribution in [3.63, 3.8) is 0 Å². The Hall–Kier alpha value is -1.94. The number of rotatable bonds is 3. The largest absolute Gasteiger partial charge is 0.323 e. The fourth-order valence-corrected chi connectivity index (χ4v) is 1.77. The molecule has 0 radical (unpaired) electrons. The Morgan fingerprint density at radius 1 is 1.11 bits per heavy atom. The standard InChI is InChI=1S/C14H10ClF2NO/c15-10-5-6-12(17)13(8-10)18-14(19)7-9-3-1-2-4-11(9)16/h1-6,8H,7H2,(H,18,19). The van der Waals surface area contributed by atoms with Gasteiger partial charge in [0.05, 0.1) is 12.1 Å². The summed E-state index contributed by atoms with van der Waals surface area (Å²) in [6.45, 7) is 0. The van der Waals surface area contributed by atoms with E-state index in [4.69, 9.17) is 11.6 Å². The first-order valence-corrected chi connectivity index (χ1v) is 5.92. The van der Waals surface area contributed by atoms with Crippen LogP contribution in [-0.2, 0) is 11.2 Å². The number of hydrogen-bond donors (Lipinski definition) is 1. The summed E-state index contributed by atoms with van der Waals surface area (Å²) in [5.41, 5.74) is 0.233. The number of halogens is 3. The summed E-state index contributed by atoms with van der Waals surface area (Å²) in [7, 11) is 0. The van der Waals surface area contributed by atoms with Crippen molar-refractivity contribution in [3.8, 4) is 0 Å². The van der Waals surface area contributed by atoms with Gasteiger partial charge in [0.1, 0.15) is 11.6 Å². The van der Waals surface area contributed by atoms with E-state index in [0.717, 1.165) is 6.07 Å². The molecule has 0 aliphatic carbocycles. The van der Waals surface area contributed by atoms with Gasteiger partial charge in [-0.15, -0.1) is 0 Å². The summed E-state index contributed by atoms with van der Waals surface area (Å²) in [6.07, 6.45) is -0.168. The van der Waals surface area contributed by atoms with E-state index in [2.05, 4.69) is 5.32 Å². The Morgan fingerprint density at radius 3 is 2.58 bits per heavy atom. The van der Waals surface area contributed by atoms with Crippen molar-refractivity contribution in [2.75, 3.05) is 5.32 Å². The molecular weight excluding hydrogens is 272 g/mol. The van der Waals surface area contributed by atoms with Gasteiger partial charge in [0.2, 0.25) is 5.91 Å². The van der Waals surface area contributed by atoms with Crippen LogP contribution in [-0.4, -0.2) is 5.91 Å². The van der Waals surface area contributed by atoms with Gasteiger partial charge in [-0.25, -0.2) is 8.78 Å². The molecule has 2 nitrogen and oxygen atoms in total. The van der Waals surface area contributed by atoms with Gasteiger partial charge >= 0.3 is 0 Å². The molecular formula is C14H10ClF2NO. The molecule has 19 heavy (non-hydrogen) atoms. The van der Waals surface area contributed by atoms with Crippen LogP contribution in [0.2, 0.25) is 5.02 Å². The van der Waals surface area contributed by atoms with Crippen molar-refractivity contribution in [2.45, 2.75) is 6.42 Å². The van der Waals surface area contributed by atoms with Crippen molar-refractivity contribution in [2.24, 2.45) is 0 Å². The highest BCUT2D eigenvalue weighted by Gasteiger charge is 2.10. The number of anilines is 1. The Balaban J connectivity index is 2.10. The lowest BCUT2D eigenvalue weighted by atomic mass is 10.1. The van der Waals surface area contributed by atoms with Crippen molar-refractivity contribution < 1.29 is 13.6 Å². The molecule has 2 aromatic rings. The maximum atomic E-state index is 13.4. The zero-order valence-electron chi connectivity index (χ0n) is 9.79. The molecule has 0 saturated carbocycles. The van der Waals surface area contributed by atoms with Crippen molar-refractivity contribution in [3.05, 3.63) is 64.7 Å². The minimum Gasteiger partial charge on any atom is -0.323 e. The molecule has 5 heteroatoms. The van der Waals surface area contributed by atoms with E-state index in [9.17, 15) is 13.6 Å². The van der Waals surface area contributed by atoms with E-state index in [1.54, 1.807) is 6.07 Å². The molecule has 1 amide bonds. The maximum Gasteiger partial charge on any atom is 0.228 e. The first-order valence-electron chi connectivity index (χ1n) is 5.54. The Morgan fingerprint density at radius 2 is 1.84 bits per heavy atom. The molecule has 0 aliphatic heterocycles. The number of benzene rings is 2. The van der Waals surface area contributed by atoms with Gasteiger partial charge in [-0.3, -0.25) is 4.79 Å². The highest BCUT2D eigenvalue weighted by molar-refractivity contribution is 6.30. The lowest BCUT2D eigenvalue weighted by molar-refractivity contribution is -0.115. The minimum absolute atomic E-state index is 0.0196. The number of carbonyl (C=O) groups excluding carboxylic acids is 1. The molecule has 0 aromatic heterocycles. The lowest BCUT2D eigenvalue weighted by Crippen LogP contribution is -2.16. The van der Waals surface area contributed by atoms with Crippen LogP contribution in [0.15, 0.2) is 42.5 Å². The smallest absolute Gasteiger partial charge is 0.228 e. The quantitative estimate of drug-likeness (QED) is 0.911. The third-order valence-electron chi connectivity index (χ3n) is 2.51. The molecule has 2 aromatic carbocycles. The van der Waals surface area contributed by atoms with Crippen LogP contribution in [0.5, 0.6) is 0 Å². The fourth-order valence-electron chi connectivity index (χ4n) is 1.60. The van der Waals surface area contributed by atoms with Crippen molar-refractivity contribution in [1.82, 2.24) is 0 Å². The summed E-state index contributed by atoms with van der Waals surface area (Å²) < 4.78 is 26.8.